The molecule has 0 fully saturated rings. The van der Waals surface area contributed by atoms with Crippen LogP contribution in [0.4, 0.5) is 10.5 Å². The van der Waals surface area contributed by atoms with Gasteiger partial charge in [-0.25, -0.2) is 4.79 Å². The normalized spacial score (nSPS) is 13.4. The van der Waals surface area contributed by atoms with Gasteiger partial charge in [0.25, 0.3) is 5.91 Å². The average molecular weight is 512 g/mol. The lowest BCUT2D eigenvalue weighted by atomic mass is 9.94. The van der Waals surface area contributed by atoms with Crippen LogP contribution in [0.1, 0.15) is 76.8 Å². The Morgan fingerprint density at radius 2 is 1.49 bits per heavy atom. The molecule has 0 saturated carbocycles. The van der Waals surface area contributed by atoms with Crippen LogP contribution in [0.15, 0.2) is 36.4 Å². The molecule has 8 heteroatoms. The van der Waals surface area contributed by atoms with Gasteiger partial charge < -0.3 is 25.4 Å². The minimum atomic E-state index is -1.05. The molecule has 0 aliphatic heterocycles. The number of hydrogen-bond donors (Lipinski definition) is 3. The van der Waals surface area contributed by atoms with Gasteiger partial charge >= 0.3 is 6.09 Å². The summed E-state index contributed by atoms with van der Waals surface area (Å²) in [6.07, 6.45) is -0.723. The molecule has 0 aromatic heterocycles. The number of nitrogens with one attached hydrogen (secondary N) is 2. The summed E-state index contributed by atoms with van der Waals surface area (Å²) in [7, 11) is 0. The lowest BCUT2D eigenvalue weighted by Crippen LogP contribution is -2.57. The summed E-state index contributed by atoms with van der Waals surface area (Å²) in [4.78, 5) is 41.7. The van der Waals surface area contributed by atoms with Gasteiger partial charge in [-0.05, 0) is 104 Å². The van der Waals surface area contributed by atoms with Gasteiger partial charge in [-0.15, -0.1) is 0 Å². The Hall–Kier alpha value is -3.55. The van der Waals surface area contributed by atoms with Crippen LogP contribution in [0.3, 0.4) is 0 Å². The monoisotopic (exact) mass is 511 g/mol. The van der Waals surface area contributed by atoms with E-state index in [9.17, 15) is 19.5 Å². The number of benzene rings is 2. The molecule has 2 rings (SSSR count). The predicted molar refractivity (Wildman–Crippen MR) is 146 cm³/mol. The van der Waals surface area contributed by atoms with Crippen molar-refractivity contribution in [2.75, 3.05) is 5.32 Å². The minimum absolute atomic E-state index is 0.0891. The van der Waals surface area contributed by atoms with Gasteiger partial charge in [0.15, 0.2) is 0 Å². The van der Waals surface area contributed by atoms with Crippen molar-refractivity contribution in [2.24, 2.45) is 0 Å². The SMILES string of the molecule is Cc1cc(C(C(=O)Nc2c(C)cccc2C)N(C(=O)C(C)NC(=O)OC(C)(C)C)C(C)(C)C)ccc1O. The summed E-state index contributed by atoms with van der Waals surface area (Å²) in [5, 5.41) is 15.7. The number of anilines is 1. The molecule has 0 saturated heterocycles. The molecular formula is C29H41N3O5. The Bertz CT molecular complexity index is 1140. The molecular weight excluding hydrogens is 470 g/mol. The molecule has 0 radical (unpaired) electrons. The van der Waals surface area contributed by atoms with Crippen LogP contribution in [-0.4, -0.2) is 45.1 Å². The number of rotatable bonds is 6. The largest absolute Gasteiger partial charge is 0.508 e. The summed E-state index contributed by atoms with van der Waals surface area (Å²) in [5.41, 5.74) is 2.03. The van der Waals surface area contributed by atoms with Crippen molar-refractivity contribution in [3.05, 3.63) is 58.7 Å². The van der Waals surface area contributed by atoms with Crippen molar-refractivity contribution >= 4 is 23.6 Å². The Labute approximate surface area is 220 Å². The Morgan fingerprint density at radius 1 is 0.919 bits per heavy atom. The van der Waals surface area contributed by atoms with E-state index < -0.39 is 41.1 Å². The zero-order valence-corrected chi connectivity index (χ0v) is 23.6. The van der Waals surface area contributed by atoms with Crippen LogP contribution < -0.4 is 10.6 Å². The van der Waals surface area contributed by atoms with Crippen molar-refractivity contribution in [2.45, 2.75) is 92.5 Å². The molecule has 0 heterocycles. The second-order valence-electron chi connectivity index (χ2n) is 11.5. The number of amides is 3. The van der Waals surface area contributed by atoms with E-state index in [0.29, 0.717) is 16.8 Å². The number of carbonyl (C=O) groups excluding carboxylic acids is 3. The zero-order chi connectivity index (χ0) is 28.3. The highest BCUT2D eigenvalue weighted by atomic mass is 16.6. The third-order valence-corrected chi connectivity index (χ3v) is 5.84. The number of hydrogen-bond acceptors (Lipinski definition) is 5. The fourth-order valence-corrected chi connectivity index (χ4v) is 4.07. The summed E-state index contributed by atoms with van der Waals surface area (Å²) < 4.78 is 5.32. The van der Waals surface area contributed by atoms with E-state index in [1.807, 2.05) is 52.8 Å². The van der Waals surface area contributed by atoms with Gasteiger partial charge in [0, 0.05) is 11.2 Å². The fourth-order valence-electron chi connectivity index (χ4n) is 4.07. The highest BCUT2D eigenvalue weighted by molar-refractivity contribution is 6.00. The molecule has 3 N–H and O–H groups in total. The number of ether oxygens (including phenoxy) is 1. The van der Waals surface area contributed by atoms with E-state index in [0.717, 1.165) is 11.1 Å². The summed E-state index contributed by atoms with van der Waals surface area (Å²) >= 11 is 0. The van der Waals surface area contributed by atoms with Gasteiger partial charge in [0.1, 0.15) is 23.4 Å². The topological polar surface area (TPSA) is 108 Å². The molecule has 2 aromatic rings. The first-order valence-electron chi connectivity index (χ1n) is 12.4. The smallest absolute Gasteiger partial charge is 0.408 e. The first-order valence-corrected chi connectivity index (χ1v) is 12.4. The van der Waals surface area contributed by atoms with E-state index in [1.54, 1.807) is 46.8 Å². The van der Waals surface area contributed by atoms with Gasteiger partial charge in [-0.3, -0.25) is 9.59 Å². The summed E-state index contributed by atoms with van der Waals surface area (Å²) in [6.45, 7) is 17.8. The second-order valence-corrected chi connectivity index (χ2v) is 11.5. The van der Waals surface area contributed by atoms with E-state index in [4.69, 9.17) is 4.74 Å². The molecule has 0 spiro atoms. The molecule has 2 aromatic carbocycles. The number of phenolic OH excluding ortho intramolecular Hbond substituents is 1. The maximum Gasteiger partial charge on any atom is 0.408 e. The maximum absolute atomic E-state index is 14.0. The van der Waals surface area contributed by atoms with Gasteiger partial charge in [0.2, 0.25) is 5.91 Å². The van der Waals surface area contributed by atoms with Crippen molar-refractivity contribution in [3.8, 4) is 5.75 Å². The summed E-state index contributed by atoms with van der Waals surface area (Å²) in [5.74, 6) is -0.771. The number of nitrogens with zero attached hydrogens (tertiary/aromatic N) is 1. The van der Waals surface area contributed by atoms with Crippen LogP contribution in [0.2, 0.25) is 0 Å². The van der Waals surface area contributed by atoms with Gasteiger partial charge in [0.05, 0.1) is 0 Å². The molecule has 2 unspecified atom stereocenters. The predicted octanol–water partition coefficient (Wildman–Crippen LogP) is 5.54. The molecule has 37 heavy (non-hydrogen) atoms. The van der Waals surface area contributed by atoms with Crippen LogP contribution in [0.5, 0.6) is 5.75 Å². The lowest BCUT2D eigenvalue weighted by molar-refractivity contribution is -0.146. The van der Waals surface area contributed by atoms with Crippen LogP contribution in [-0.2, 0) is 14.3 Å². The van der Waals surface area contributed by atoms with Crippen molar-refractivity contribution in [1.82, 2.24) is 10.2 Å². The molecule has 8 nitrogen and oxygen atoms in total. The number of phenols is 1. The molecule has 0 aliphatic carbocycles. The Balaban J connectivity index is 2.57. The molecule has 0 bridgehead atoms. The average Bonchev–Trinajstić information content (AvgIpc) is 2.73. The molecule has 0 aliphatic rings. The quantitative estimate of drug-likeness (QED) is 0.472. The third-order valence-electron chi connectivity index (χ3n) is 5.84. The van der Waals surface area contributed by atoms with Crippen LogP contribution in [0.25, 0.3) is 0 Å². The van der Waals surface area contributed by atoms with Gasteiger partial charge in [-0.2, -0.15) is 0 Å². The van der Waals surface area contributed by atoms with E-state index in [1.165, 1.54) is 11.0 Å². The number of para-hydroxylation sites is 1. The van der Waals surface area contributed by atoms with Crippen LogP contribution in [0, 0.1) is 20.8 Å². The van der Waals surface area contributed by atoms with Crippen molar-refractivity contribution < 1.29 is 24.2 Å². The second kappa shape index (κ2) is 11.2. The zero-order valence-electron chi connectivity index (χ0n) is 23.6. The minimum Gasteiger partial charge on any atom is -0.508 e. The first kappa shape index (κ1) is 29.7. The summed E-state index contributed by atoms with van der Waals surface area (Å²) in [6, 6.07) is 8.55. The fraction of sp³-hybridized carbons (Fsp3) is 0.483. The highest BCUT2D eigenvalue weighted by Gasteiger charge is 2.41. The molecule has 2 atom stereocenters. The molecule has 3 amide bonds. The van der Waals surface area contributed by atoms with E-state index in [2.05, 4.69) is 10.6 Å². The lowest BCUT2D eigenvalue weighted by Gasteiger charge is -2.42. The standard InChI is InChI=1S/C29H41N3O5/c1-17-12-11-13-18(2)23(17)31-25(34)24(21-14-15-22(33)19(3)16-21)32(28(5,6)7)26(35)20(4)30-27(36)37-29(8,9)10/h11-16,20,24,33H,1-10H3,(H,30,36)(H,31,34). The number of alkyl carbamates (subject to hydrolysis) is 1. The molecule has 202 valence electrons. The Kier molecular flexibility index (Phi) is 9.01. The Morgan fingerprint density at radius 3 is 1.97 bits per heavy atom. The van der Waals surface area contributed by atoms with Crippen LogP contribution >= 0.6 is 0 Å². The number of aryl methyl sites for hydroxylation is 3. The van der Waals surface area contributed by atoms with Crippen molar-refractivity contribution in [3.63, 3.8) is 0 Å². The van der Waals surface area contributed by atoms with E-state index in [-0.39, 0.29) is 5.75 Å². The number of aromatic hydroxyl groups is 1. The van der Waals surface area contributed by atoms with Crippen molar-refractivity contribution in [1.29, 1.82) is 0 Å². The number of carbonyl (C=O) groups is 3. The van der Waals surface area contributed by atoms with E-state index >= 15 is 0 Å². The third kappa shape index (κ3) is 7.71. The first-order chi connectivity index (χ1) is 16.9. The highest BCUT2D eigenvalue weighted by Crippen LogP contribution is 2.33. The maximum atomic E-state index is 14.0. The van der Waals surface area contributed by atoms with Gasteiger partial charge in [-0.1, -0.05) is 24.3 Å².